The van der Waals surface area contributed by atoms with Crippen LogP contribution in [0.2, 0.25) is 0 Å². The van der Waals surface area contributed by atoms with Gasteiger partial charge in [0.2, 0.25) is 5.88 Å². The molecule has 0 aliphatic rings. The molecule has 1 aromatic heterocycles. The quantitative estimate of drug-likeness (QED) is 0.834. The highest BCUT2D eigenvalue weighted by atomic mass is 16.5. The normalized spacial score (nSPS) is 13.7. The van der Waals surface area contributed by atoms with Crippen molar-refractivity contribution < 1.29 is 14.3 Å². The lowest BCUT2D eigenvalue weighted by atomic mass is 9.99. The Morgan fingerprint density at radius 2 is 2.15 bits per heavy atom. The molecule has 0 saturated heterocycles. The number of nitrogens with zero attached hydrogens (tertiary/aromatic N) is 1. The molecular formula is C15H24N2O3. The molecule has 5 heteroatoms. The second-order valence-corrected chi connectivity index (χ2v) is 4.92. The topological polar surface area (TPSA) is 60.5 Å². The number of aryl methyl sites for hydroxylation is 1. The van der Waals surface area contributed by atoms with Crippen LogP contribution < -0.4 is 10.1 Å². The average Bonchev–Trinajstić information content (AvgIpc) is 2.42. The van der Waals surface area contributed by atoms with Crippen molar-refractivity contribution in [3.05, 3.63) is 17.8 Å². The third-order valence-electron chi connectivity index (χ3n) is 3.23. The zero-order chi connectivity index (χ0) is 15.2. The zero-order valence-electron chi connectivity index (χ0n) is 12.9. The molecule has 1 aromatic rings. The molecule has 1 amide bonds. The number of anilines is 1. The first-order valence-corrected chi connectivity index (χ1v) is 6.92. The number of aromatic nitrogens is 1. The molecule has 1 atom stereocenters. The van der Waals surface area contributed by atoms with Crippen LogP contribution in [0.3, 0.4) is 0 Å². The van der Waals surface area contributed by atoms with E-state index in [1.165, 1.54) is 0 Å². The molecule has 0 aromatic carbocycles. The minimum Gasteiger partial charge on any atom is -0.478 e. The van der Waals surface area contributed by atoms with Crippen molar-refractivity contribution in [3.8, 4) is 5.88 Å². The summed E-state index contributed by atoms with van der Waals surface area (Å²) in [5, 5.41) is 2.85. The van der Waals surface area contributed by atoms with E-state index < -0.39 is 5.60 Å². The SMILES string of the molecule is CCC[C@@](C)(OC)C(=O)Nc1cnc(OCC)c(C)c1. The summed E-state index contributed by atoms with van der Waals surface area (Å²) in [7, 11) is 1.55. The minimum atomic E-state index is -0.818. The molecule has 0 radical (unpaired) electrons. The van der Waals surface area contributed by atoms with Crippen molar-refractivity contribution in [2.75, 3.05) is 19.0 Å². The predicted octanol–water partition coefficient (Wildman–Crippen LogP) is 2.93. The van der Waals surface area contributed by atoms with Crippen molar-refractivity contribution in [1.82, 2.24) is 4.98 Å². The molecule has 0 bridgehead atoms. The maximum absolute atomic E-state index is 12.3. The fourth-order valence-corrected chi connectivity index (χ4v) is 1.97. The third kappa shape index (κ3) is 3.93. The summed E-state index contributed by atoms with van der Waals surface area (Å²) < 4.78 is 10.7. The molecule has 1 N–H and O–H groups in total. The van der Waals surface area contributed by atoms with E-state index in [-0.39, 0.29) is 5.91 Å². The molecule has 1 heterocycles. The van der Waals surface area contributed by atoms with E-state index in [0.717, 1.165) is 12.0 Å². The molecule has 112 valence electrons. The molecule has 0 fully saturated rings. The van der Waals surface area contributed by atoms with Gasteiger partial charge in [-0.2, -0.15) is 0 Å². The standard InChI is InChI=1S/C15H24N2O3/c1-6-8-15(4,19-5)14(18)17-12-9-11(3)13(16-10-12)20-7-2/h9-10H,6-8H2,1-5H3,(H,17,18)/t15-/m1/s1. The number of ether oxygens (including phenoxy) is 2. The first kappa shape index (κ1) is 16.4. The molecule has 20 heavy (non-hydrogen) atoms. The first-order valence-electron chi connectivity index (χ1n) is 6.92. The number of methoxy groups -OCH3 is 1. The summed E-state index contributed by atoms with van der Waals surface area (Å²) in [6, 6.07) is 1.85. The smallest absolute Gasteiger partial charge is 0.256 e. The van der Waals surface area contributed by atoms with Gasteiger partial charge < -0.3 is 14.8 Å². The van der Waals surface area contributed by atoms with Crippen LogP contribution in [-0.4, -0.2) is 30.2 Å². The van der Waals surface area contributed by atoms with Gasteiger partial charge in [0.25, 0.3) is 5.91 Å². The van der Waals surface area contributed by atoms with Crippen molar-refractivity contribution in [1.29, 1.82) is 0 Å². The Morgan fingerprint density at radius 1 is 1.45 bits per heavy atom. The van der Waals surface area contributed by atoms with Crippen molar-refractivity contribution in [3.63, 3.8) is 0 Å². The van der Waals surface area contributed by atoms with Crippen LogP contribution in [0.25, 0.3) is 0 Å². The lowest BCUT2D eigenvalue weighted by Gasteiger charge is -2.26. The second-order valence-electron chi connectivity index (χ2n) is 4.92. The second kappa shape index (κ2) is 7.24. The van der Waals surface area contributed by atoms with Crippen LogP contribution >= 0.6 is 0 Å². The average molecular weight is 280 g/mol. The fraction of sp³-hybridized carbons (Fsp3) is 0.600. The Bertz CT molecular complexity index is 462. The van der Waals surface area contributed by atoms with Gasteiger partial charge in [0.1, 0.15) is 5.60 Å². The number of hydrogen-bond donors (Lipinski definition) is 1. The van der Waals surface area contributed by atoms with Crippen molar-refractivity contribution in [2.24, 2.45) is 0 Å². The Hall–Kier alpha value is -1.62. The lowest BCUT2D eigenvalue weighted by molar-refractivity contribution is -0.136. The molecule has 1 rings (SSSR count). The first-order chi connectivity index (χ1) is 9.46. The van der Waals surface area contributed by atoms with Gasteiger partial charge in [0.15, 0.2) is 0 Å². The van der Waals surface area contributed by atoms with Crippen molar-refractivity contribution in [2.45, 2.75) is 46.1 Å². The van der Waals surface area contributed by atoms with E-state index in [1.807, 2.05) is 26.8 Å². The number of carbonyl (C=O) groups is 1. The monoisotopic (exact) mass is 280 g/mol. The van der Waals surface area contributed by atoms with Crippen LogP contribution in [0.4, 0.5) is 5.69 Å². The molecule has 5 nitrogen and oxygen atoms in total. The number of pyridine rings is 1. The third-order valence-corrected chi connectivity index (χ3v) is 3.23. The van der Waals surface area contributed by atoms with Crippen LogP contribution in [0.15, 0.2) is 12.3 Å². The van der Waals surface area contributed by atoms with E-state index in [4.69, 9.17) is 9.47 Å². The van der Waals surface area contributed by atoms with E-state index in [9.17, 15) is 4.79 Å². The van der Waals surface area contributed by atoms with E-state index in [1.54, 1.807) is 20.2 Å². The fourth-order valence-electron chi connectivity index (χ4n) is 1.97. The molecule has 0 aliphatic heterocycles. The van der Waals surface area contributed by atoms with Gasteiger partial charge in [-0.15, -0.1) is 0 Å². The Morgan fingerprint density at radius 3 is 2.65 bits per heavy atom. The summed E-state index contributed by atoms with van der Waals surface area (Å²) in [5.41, 5.74) is 0.718. The number of hydrogen-bond acceptors (Lipinski definition) is 4. The van der Waals surface area contributed by atoms with Gasteiger partial charge in [0.05, 0.1) is 18.5 Å². The van der Waals surface area contributed by atoms with E-state index in [2.05, 4.69) is 10.3 Å². The molecular weight excluding hydrogens is 256 g/mol. The zero-order valence-corrected chi connectivity index (χ0v) is 12.9. The van der Waals surface area contributed by atoms with Crippen LogP contribution in [0.5, 0.6) is 5.88 Å². The Kier molecular flexibility index (Phi) is 5.95. The van der Waals surface area contributed by atoms with Gasteiger partial charge in [-0.05, 0) is 33.3 Å². The minimum absolute atomic E-state index is 0.160. The van der Waals surface area contributed by atoms with Gasteiger partial charge in [-0.3, -0.25) is 4.79 Å². The highest BCUT2D eigenvalue weighted by Gasteiger charge is 2.32. The molecule has 0 saturated carbocycles. The predicted molar refractivity (Wildman–Crippen MR) is 79.1 cm³/mol. The highest BCUT2D eigenvalue weighted by molar-refractivity contribution is 5.97. The number of rotatable bonds is 7. The maximum Gasteiger partial charge on any atom is 0.256 e. The van der Waals surface area contributed by atoms with Crippen LogP contribution in [0, 0.1) is 6.92 Å². The molecule has 0 aliphatic carbocycles. The van der Waals surface area contributed by atoms with Crippen molar-refractivity contribution >= 4 is 11.6 Å². The molecule has 0 unspecified atom stereocenters. The largest absolute Gasteiger partial charge is 0.478 e. The number of carbonyl (C=O) groups excluding carboxylic acids is 1. The van der Waals surface area contributed by atoms with Gasteiger partial charge in [-0.25, -0.2) is 4.98 Å². The van der Waals surface area contributed by atoms with Gasteiger partial charge >= 0.3 is 0 Å². The summed E-state index contributed by atoms with van der Waals surface area (Å²) >= 11 is 0. The summed E-state index contributed by atoms with van der Waals surface area (Å²) in [5.74, 6) is 0.431. The lowest BCUT2D eigenvalue weighted by Crippen LogP contribution is -2.41. The summed E-state index contributed by atoms with van der Waals surface area (Å²) in [6.45, 7) is 8.19. The van der Waals surface area contributed by atoms with Gasteiger partial charge in [-0.1, -0.05) is 13.3 Å². The van der Waals surface area contributed by atoms with Crippen LogP contribution in [0.1, 0.15) is 39.2 Å². The van der Waals surface area contributed by atoms with E-state index >= 15 is 0 Å². The van der Waals surface area contributed by atoms with E-state index in [0.29, 0.717) is 24.6 Å². The van der Waals surface area contributed by atoms with Gasteiger partial charge in [0, 0.05) is 12.7 Å². The highest BCUT2D eigenvalue weighted by Crippen LogP contribution is 2.22. The maximum atomic E-state index is 12.3. The number of nitrogens with one attached hydrogen (secondary N) is 1. The Labute approximate surface area is 120 Å². The number of amides is 1. The summed E-state index contributed by atoms with van der Waals surface area (Å²) in [6.07, 6.45) is 3.13. The van der Waals surface area contributed by atoms with Crippen LogP contribution in [-0.2, 0) is 9.53 Å². The molecule has 0 spiro atoms. The Balaban J connectivity index is 2.82. The summed E-state index contributed by atoms with van der Waals surface area (Å²) in [4.78, 5) is 16.5.